The lowest BCUT2D eigenvalue weighted by atomic mass is 10.1. The number of carbonyl (C=O) groups excluding carboxylic acids is 2. The fourth-order valence-electron chi connectivity index (χ4n) is 3.23. The van der Waals surface area contributed by atoms with Gasteiger partial charge in [-0.2, -0.15) is 0 Å². The zero-order valence-corrected chi connectivity index (χ0v) is 18.2. The molecule has 0 unspecified atom stereocenters. The first kappa shape index (κ1) is 22.1. The van der Waals surface area contributed by atoms with Gasteiger partial charge in [-0.25, -0.2) is 4.79 Å². The van der Waals surface area contributed by atoms with Crippen molar-refractivity contribution in [3.63, 3.8) is 0 Å². The van der Waals surface area contributed by atoms with E-state index in [0.717, 1.165) is 19.6 Å². The van der Waals surface area contributed by atoms with Crippen LogP contribution in [0.3, 0.4) is 0 Å². The lowest BCUT2D eigenvalue weighted by molar-refractivity contribution is 0.0949. The molecule has 2 N–H and O–H groups in total. The number of carbonyl (C=O) groups is 2. The average molecular weight is 430 g/mol. The van der Waals surface area contributed by atoms with Crippen molar-refractivity contribution in [2.24, 2.45) is 5.92 Å². The molecule has 1 aromatic carbocycles. The molecule has 0 bridgehead atoms. The monoisotopic (exact) mass is 429 g/mol. The van der Waals surface area contributed by atoms with Gasteiger partial charge in [0.15, 0.2) is 0 Å². The van der Waals surface area contributed by atoms with Crippen LogP contribution in [0.15, 0.2) is 42.7 Å². The van der Waals surface area contributed by atoms with Crippen molar-refractivity contribution in [3.8, 4) is 0 Å². The Morgan fingerprint density at radius 1 is 1.10 bits per heavy atom. The Morgan fingerprint density at radius 3 is 2.43 bits per heavy atom. The van der Waals surface area contributed by atoms with E-state index in [1.54, 1.807) is 35.5 Å². The Hall–Kier alpha value is -2.64. The lowest BCUT2D eigenvalue weighted by Gasteiger charge is -2.34. The number of hydrogen-bond donors (Lipinski definition) is 2. The molecular formula is C22H28ClN5O2. The van der Waals surface area contributed by atoms with E-state index in [0.29, 0.717) is 41.8 Å². The van der Waals surface area contributed by atoms with E-state index in [1.165, 1.54) is 5.56 Å². The smallest absolute Gasteiger partial charge is 0.321 e. The van der Waals surface area contributed by atoms with E-state index in [1.807, 2.05) is 26.0 Å². The first-order chi connectivity index (χ1) is 14.4. The highest BCUT2D eigenvalue weighted by atomic mass is 35.5. The third-order valence-electron chi connectivity index (χ3n) is 4.95. The minimum atomic E-state index is -0.211. The summed E-state index contributed by atoms with van der Waals surface area (Å²) in [5, 5.41) is 6.04. The largest absolute Gasteiger partial charge is 0.352 e. The SMILES string of the molecule is CC(C)CNC(=O)c1ccc(NC(=O)N2CCN(Cc3ccncc3)CC2)cc1Cl. The molecule has 0 atom stereocenters. The van der Waals surface area contributed by atoms with E-state index >= 15 is 0 Å². The van der Waals surface area contributed by atoms with Gasteiger partial charge >= 0.3 is 6.03 Å². The van der Waals surface area contributed by atoms with Crippen molar-refractivity contribution in [2.75, 3.05) is 38.0 Å². The van der Waals surface area contributed by atoms with Gasteiger partial charge in [-0.1, -0.05) is 25.4 Å². The van der Waals surface area contributed by atoms with Gasteiger partial charge in [0.05, 0.1) is 10.6 Å². The number of piperazine rings is 1. The first-order valence-corrected chi connectivity index (χ1v) is 10.5. The van der Waals surface area contributed by atoms with Crippen LogP contribution in [-0.2, 0) is 6.54 Å². The molecule has 2 heterocycles. The molecule has 8 heteroatoms. The molecule has 0 radical (unpaired) electrons. The minimum absolute atomic E-state index is 0.161. The molecule has 1 aromatic heterocycles. The summed E-state index contributed by atoms with van der Waals surface area (Å²) in [4.78, 5) is 33.0. The molecular weight excluding hydrogens is 402 g/mol. The number of nitrogens with zero attached hydrogens (tertiary/aromatic N) is 3. The van der Waals surface area contributed by atoms with Crippen LogP contribution in [0.5, 0.6) is 0 Å². The molecule has 1 aliphatic rings. The summed E-state index contributed by atoms with van der Waals surface area (Å²) in [5.74, 6) is 0.147. The van der Waals surface area contributed by atoms with E-state index in [9.17, 15) is 9.59 Å². The predicted octanol–water partition coefficient (Wildman–Crippen LogP) is 3.47. The molecule has 30 heavy (non-hydrogen) atoms. The second-order valence-electron chi connectivity index (χ2n) is 7.85. The van der Waals surface area contributed by atoms with Gasteiger partial charge in [0.25, 0.3) is 5.91 Å². The standard InChI is InChI=1S/C22H28ClN5O2/c1-16(2)14-25-21(29)19-4-3-18(13-20(19)23)26-22(30)28-11-9-27(10-12-28)15-17-5-7-24-8-6-17/h3-8,13,16H,9-12,14-15H2,1-2H3,(H,25,29)(H,26,30). The summed E-state index contributed by atoms with van der Waals surface area (Å²) in [6.45, 7) is 8.42. The summed E-state index contributed by atoms with van der Waals surface area (Å²) in [7, 11) is 0. The summed E-state index contributed by atoms with van der Waals surface area (Å²) in [5.41, 5.74) is 2.19. The minimum Gasteiger partial charge on any atom is -0.352 e. The van der Waals surface area contributed by atoms with Crippen LogP contribution in [0.4, 0.5) is 10.5 Å². The fraction of sp³-hybridized carbons (Fsp3) is 0.409. The maximum Gasteiger partial charge on any atom is 0.321 e. The number of hydrogen-bond acceptors (Lipinski definition) is 4. The van der Waals surface area contributed by atoms with Crippen LogP contribution in [0.1, 0.15) is 29.8 Å². The maximum absolute atomic E-state index is 12.6. The van der Waals surface area contributed by atoms with Gasteiger partial charge in [0.1, 0.15) is 0 Å². The lowest BCUT2D eigenvalue weighted by Crippen LogP contribution is -2.49. The molecule has 3 rings (SSSR count). The van der Waals surface area contributed by atoms with Crippen molar-refractivity contribution in [1.29, 1.82) is 0 Å². The van der Waals surface area contributed by atoms with Gasteiger partial charge in [0.2, 0.25) is 0 Å². The Morgan fingerprint density at radius 2 is 1.80 bits per heavy atom. The second-order valence-corrected chi connectivity index (χ2v) is 8.25. The Labute approximate surface area is 182 Å². The second kappa shape index (κ2) is 10.4. The third kappa shape index (κ3) is 6.18. The van der Waals surface area contributed by atoms with Crippen LogP contribution in [-0.4, -0.2) is 59.4 Å². The molecule has 1 aliphatic heterocycles. The van der Waals surface area contributed by atoms with Gasteiger partial charge < -0.3 is 15.5 Å². The first-order valence-electron chi connectivity index (χ1n) is 10.2. The normalized spacial score (nSPS) is 14.6. The zero-order valence-electron chi connectivity index (χ0n) is 17.4. The fourth-order valence-corrected chi connectivity index (χ4v) is 3.49. The summed E-state index contributed by atoms with van der Waals surface area (Å²) >= 11 is 6.27. The molecule has 1 fully saturated rings. The number of benzene rings is 1. The van der Waals surface area contributed by atoms with Gasteiger partial charge in [0, 0.05) is 57.3 Å². The van der Waals surface area contributed by atoms with E-state index in [-0.39, 0.29) is 11.9 Å². The topological polar surface area (TPSA) is 77.6 Å². The highest BCUT2D eigenvalue weighted by molar-refractivity contribution is 6.34. The van der Waals surface area contributed by atoms with Crippen molar-refractivity contribution in [2.45, 2.75) is 20.4 Å². The maximum atomic E-state index is 12.6. The molecule has 2 aromatic rings. The molecule has 0 spiro atoms. The number of rotatable bonds is 6. The van der Waals surface area contributed by atoms with Crippen molar-refractivity contribution >= 4 is 29.2 Å². The average Bonchev–Trinajstić information content (AvgIpc) is 2.73. The third-order valence-corrected chi connectivity index (χ3v) is 5.26. The van der Waals surface area contributed by atoms with Crippen LogP contribution in [0.2, 0.25) is 5.02 Å². The summed E-state index contributed by atoms with van der Waals surface area (Å²) in [6, 6.07) is 8.81. The van der Waals surface area contributed by atoms with E-state index in [4.69, 9.17) is 11.6 Å². The number of halogens is 1. The summed E-state index contributed by atoms with van der Waals surface area (Å²) in [6.07, 6.45) is 3.59. The Balaban J connectivity index is 1.50. The molecule has 0 saturated carbocycles. The molecule has 0 aliphatic carbocycles. The van der Waals surface area contributed by atoms with Crippen LogP contribution >= 0.6 is 11.6 Å². The van der Waals surface area contributed by atoms with Gasteiger partial charge in [-0.3, -0.25) is 14.7 Å². The number of amides is 3. The van der Waals surface area contributed by atoms with Gasteiger partial charge in [-0.05, 0) is 41.8 Å². The number of urea groups is 1. The summed E-state index contributed by atoms with van der Waals surface area (Å²) < 4.78 is 0. The number of nitrogens with one attached hydrogen (secondary N) is 2. The van der Waals surface area contributed by atoms with Crippen LogP contribution in [0.25, 0.3) is 0 Å². The Bertz CT molecular complexity index is 867. The van der Waals surface area contributed by atoms with Crippen molar-refractivity contribution in [3.05, 3.63) is 58.9 Å². The zero-order chi connectivity index (χ0) is 21.5. The van der Waals surface area contributed by atoms with Gasteiger partial charge in [-0.15, -0.1) is 0 Å². The number of aromatic nitrogens is 1. The molecule has 7 nitrogen and oxygen atoms in total. The Kier molecular flexibility index (Phi) is 7.65. The van der Waals surface area contributed by atoms with E-state index in [2.05, 4.69) is 20.5 Å². The molecule has 3 amide bonds. The molecule has 1 saturated heterocycles. The predicted molar refractivity (Wildman–Crippen MR) is 119 cm³/mol. The number of pyridine rings is 1. The highest BCUT2D eigenvalue weighted by Gasteiger charge is 2.21. The van der Waals surface area contributed by atoms with Crippen LogP contribution in [0, 0.1) is 5.92 Å². The highest BCUT2D eigenvalue weighted by Crippen LogP contribution is 2.21. The van der Waals surface area contributed by atoms with Crippen molar-refractivity contribution in [1.82, 2.24) is 20.1 Å². The van der Waals surface area contributed by atoms with E-state index < -0.39 is 0 Å². The van der Waals surface area contributed by atoms with Crippen molar-refractivity contribution < 1.29 is 9.59 Å². The quantitative estimate of drug-likeness (QED) is 0.737. The van der Waals surface area contributed by atoms with Crippen LogP contribution < -0.4 is 10.6 Å². The number of anilines is 1. The molecule has 160 valence electrons.